The lowest BCUT2D eigenvalue weighted by Crippen LogP contribution is -2.06. The van der Waals surface area contributed by atoms with E-state index in [1.807, 2.05) is 42.5 Å². The van der Waals surface area contributed by atoms with E-state index in [-0.39, 0.29) is 6.01 Å². The van der Waals surface area contributed by atoms with Crippen molar-refractivity contribution in [2.24, 2.45) is 0 Å². The van der Waals surface area contributed by atoms with Gasteiger partial charge >= 0.3 is 6.01 Å². The fourth-order valence-corrected chi connectivity index (χ4v) is 4.15. The number of unbranched alkanes of at least 4 members (excludes halogenated alkanes) is 1. The van der Waals surface area contributed by atoms with E-state index in [2.05, 4.69) is 39.7 Å². The molecule has 2 N–H and O–H groups in total. The third-order valence-electron chi connectivity index (χ3n) is 4.93. The fourth-order valence-electron chi connectivity index (χ4n) is 3.20. The van der Waals surface area contributed by atoms with E-state index in [9.17, 15) is 0 Å². The lowest BCUT2D eigenvalue weighted by Gasteiger charge is -2.10. The minimum atomic E-state index is 0.279. The number of hydrogen-bond acceptors (Lipinski definition) is 7. The highest BCUT2D eigenvalue weighted by molar-refractivity contribution is 7.98. The number of aromatic nitrogens is 4. The Balaban J connectivity index is 1.68. The Morgan fingerprint density at radius 1 is 1.03 bits per heavy atom. The van der Waals surface area contributed by atoms with Gasteiger partial charge in [0.1, 0.15) is 0 Å². The van der Waals surface area contributed by atoms with Gasteiger partial charge in [-0.15, -0.1) is 0 Å². The van der Waals surface area contributed by atoms with Crippen LogP contribution in [0.1, 0.15) is 36.5 Å². The molecule has 0 bridgehead atoms. The molecule has 2 aromatic carbocycles. The third kappa shape index (κ3) is 5.01. The van der Waals surface area contributed by atoms with Crippen LogP contribution in [0.15, 0.2) is 59.8 Å². The summed E-state index contributed by atoms with van der Waals surface area (Å²) in [6.45, 7) is 3.26. The van der Waals surface area contributed by atoms with Gasteiger partial charge in [0.2, 0.25) is 0 Å². The molecule has 8 heteroatoms. The minimum Gasteiger partial charge on any atom is -0.463 e. The number of nitrogen functional groups attached to an aromatic ring is 1. The van der Waals surface area contributed by atoms with E-state index in [1.54, 1.807) is 11.8 Å². The van der Waals surface area contributed by atoms with E-state index in [0.717, 1.165) is 29.1 Å². The summed E-state index contributed by atoms with van der Waals surface area (Å²) >= 11 is 1.60. The summed E-state index contributed by atoms with van der Waals surface area (Å²) in [6.07, 6.45) is 1.95. The quantitative estimate of drug-likeness (QED) is 0.292. The normalized spacial score (nSPS) is 10.9. The molecule has 0 spiro atoms. The van der Waals surface area contributed by atoms with Gasteiger partial charge in [0.05, 0.1) is 24.8 Å². The van der Waals surface area contributed by atoms with Gasteiger partial charge in [-0.1, -0.05) is 67.6 Å². The molecule has 32 heavy (non-hydrogen) atoms. The van der Waals surface area contributed by atoms with E-state index >= 15 is 0 Å². The van der Waals surface area contributed by atoms with Crippen molar-refractivity contribution in [1.29, 1.82) is 5.26 Å². The molecule has 162 valence electrons. The number of fused-ring (bicyclic) bond motifs is 1. The monoisotopic (exact) mass is 444 g/mol. The lowest BCUT2D eigenvalue weighted by molar-refractivity contribution is 0.286. The number of hydrogen-bond donors (Lipinski definition) is 1. The maximum Gasteiger partial charge on any atom is 0.320 e. The van der Waals surface area contributed by atoms with Gasteiger partial charge in [-0.3, -0.25) is 4.57 Å². The topological polar surface area (TPSA) is 103 Å². The molecule has 2 heterocycles. The Kier molecular flexibility index (Phi) is 6.87. The van der Waals surface area contributed by atoms with Crippen LogP contribution in [0.5, 0.6) is 6.01 Å². The van der Waals surface area contributed by atoms with Gasteiger partial charge in [0, 0.05) is 5.75 Å². The number of thioether (sulfide) groups is 1. The first-order valence-corrected chi connectivity index (χ1v) is 11.5. The molecule has 0 atom stereocenters. The Morgan fingerprint density at radius 3 is 2.53 bits per heavy atom. The SMILES string of the molecule is CCCCOc1nc(N)c2nc(SCc3ccc(C#N)cc3)n(Cc3ccccc3)c2n1. The second-order valence-corrected chi connectivity index (χ2v) is 8.27. The summed E-state index contributed by atoms with van der Waals surface area (Å²) in [5.41, 5.74) is 10.4. The lowest BCUT2D eigenvalue weighted by atomic mass is 10.2. The molecule has 0 aliphatic heterocycles. The Labute approximate surface area is 191 Å². The molecule has 0 unspecified atom stereocenters. The van der Waals surface area contributed by atoms with Crippen molar-refractivity contribution in [3.05, 3.63) is 71.3 Å². The second-order valence-electron chi connectivity index (χ2n) is 7.33. The number of rotatable bonds is 9. The van der Waals surface area contributed by atoms with E-state index in [4.69, 9.17) is 20.7 Å². The zero-order chi connectivity index (χ0) is 22.3. The molecular weight excluding hydrogens is 420 g/mol. The van der Waals surface area contributed by atoms with Gasteiger partial charge in [0.25, 0.3) is 0 Å². The maximum absolute atomic E-state index is 9.01. The van der Waals surface area contributed by atoms with Crippen LogP contribution in [0.4, 0.5) is 5.82 Å². The van der Waals surface area contributed by atoms with Crippen molar-refractivity contribution in [3.63, 3.8) is 0 Å². The number of nitrogens with two attached hydrogens (primary N) is 1. The molecule has 0 saturated carbocycles. The van der Waals surface area contributed by atoms with Crippen LogP contribution in [-0.2, 0) is 12.3 Å². The molecule has 4 aromatic rings. The highest BCUT2D eigenvalue weighted by Crippen LogP contribution is 2.30. The van der Waals surface area contributed by atoms with Gasteiger partial charge < -0.3 is 10.5 Å². The average molecular weight is 445 g/mol. The Hall–Kier alpha value is -3.57. The summed E-state index contributed by atoms with van der Waals surface area (Å²) < 4.78 is 7.78. The number of anilines is 1. The van der Waals surface area contributed by atoms with Crippen LogP contribution in [0.2, 0.25) is 0 Å². The first-order chi connectivity index (χ1) is 15.7. The maximum atomic E-state index is 9.01. The largest absolute Gasteiger partial charge is 0.463 e. The van der Waals surface area contributed by atoms with Crippen LogP contribution >= 0.6 is 11.8 Å². The van der Waals surface area contributed by atoms with Gasteiger partial charge in [-0.2, -0.15) is 15.2 Å². The molecule has 0 aliphatic rings. The Morgan fingerprint density at radius 2 is 1.81 bits per heavy atom. The van der Waals surface area contributed by atoms with Gasteiger partial charge in [-0.25, -0.2) is 4.98 Å². The first kappa shape index (κ1) is 21.7. The van der Waals surface area contributed by atoms with Crippen molar-refractivity contribution in [2.75, 3.05) is 12.3 Å². The van der Waals surface area contributed by atoms with Crippen LogP contribution in [0.25, 0.3) is 11.2 Å². The molecule has 4 rings (SSSR count). The van der Waals surface area contributed by atoms with Gasteiger partial charge in [0.15, 0.2) is 22.1 Å². The van der Waals surface area contributed by atoms with E-state index in [1.165, 1.54) is 0 Å². The molecule has 2 aromatic heterocycles. The van der Waals surface area contributed by atoms with E-state index in [0.29, 0.717) is 41.4 Å². The number of nitriles is 1. The van der Waals surface area contributed by atoms with Gasteiger partial charge in [-0.05, 0) is 29.7 Å². The molecule has 0 radical (unpaired) electrons. The third-order valence-corrected chi connectivity index (χ3v) is 5.98. The van der Waals surface area contributed by atoms with Crippen LogP contribution < -0.4 is 10.5 Å². The predicted octanol–water partition coefficient (Wildman–Crippen LogP) is 4.80. The van der Waals surface area contributed by atoms with Crippen LogP contribution in [0.3, 0.4) is 0 Å². The van der Waals surface area contributed by atoms with Crippen molar-refractivity contribution in [1.82, 2.24) is 19.5 Å². The van der Waals surface area contributed by atoms with E-state index < -0.39 is 0 Å². The van der Waals surface area contributed by atoms with Crippen molar-refractivity contribution < 1.29 is 4.74 Å². The van der Waals surface area contributed by atoms with Crippen molar-refractivity contribution in [2.45, 2.75) is 37.2 Å². The highest BCUT2D eigenvalue weighted by Gasteiger charge is 2.18. The minimum absolute atomic E-state index is 0.279. The number of benzene rings is 2. The first-order valence-electron chi connectivity index (χ1n) is 10.5. The summed E-state index contributed by atoms with van der Waals surface area (Å²) in [6, 6.07) is 20.2. The smallest absolute Gasteiger partial charge is 0.320 e. The number of imidazole rings is 1. The second kappa shape index (κ2) is 10.2. The zero-order valence-electron chi connectivity index (χ0n) is 17.9. The highest BCUT2D eigenvalue weighted by atomic mass is 32.2. The average Bonchev–Trinajstić information content (AvgIpc) is 3.17. The fraction of sp³-hybridized carbons (Fsp3) is 0.250. The van der Waals surface area contributed by atoms with Crippen molar-refractivity contribution >= 4 is 28.7 Å². The Bertz CT molecular complexity index is 1230. The number of ether oxygens (including phenoxy) is 1. The molecular formula is C24H24N6OS. The standard InChI is InChI=1S/C24H24N6OS/c1-2-3-13-31-23-28-21(26)20-22(29-23)30(15-18-7-5-4-6-8-18)24(27-20)32-16-19-11-9-17(14-25)10-12-19/h4-12H,2-3,13,15-16H2,1H3,(H2,26,28,29). The molecule has 0 fully saturated rings. The molecule has 0 amide bonds. The zero-order valence-corrected chi connectivity index (χ0v) is 18.7. The molecule has 0 saturated heterocycles. The molecule has 0 aliphatic carbocycles. The van der Waals surface area contributed by atoms with Crippen LogP contribution in [-0.4, -0.2) is 26.1 Å². The summed E-state index contributed by atoms with van der Waals surface area (Å²) in [4.78, 5) is 13.7. The summed E-state index contributed by atoms with van der Waals surface area (Å²) in [7, 11) is 0. The summed E-state index contributed by atoms with van der Waals surface area (Å²) in [5.74, 6) is 1.02. The number of nitrogens with zero attached hydrogens (tertiary/aromatic N) is 5. The molecule has 7 nitrogen and oxygen atoms in total. The summed E-state index contributed by atoms with van der Waals surface area (Å²) in [5, 5.41) is 9.81. The van der Waals surface area contributed by atoms with Crippen molar-refractivity contribution in [3.8, 4) is 12.1 Å². The predicted molar refractivity (Wildman–Crippen MR) is 126 cm³/mol. The van der Waals surface area contributed by atoms with Crippen LogP contribution in [0, 0.1) is 11.3 Å².